The maximum Gasteiger partial charge on any atom is 0.248 e. The third-order valence-corrected chi connectivity index (χ3v) is 3.69. The molecule has 1 aromatic heterocycles. The molecule has 0 bridgehead atoms. The normalized spacial score (nSPS) is 11.0. The average molecular weight is 335 g/mol. The van der Waals surface area contributed by atoms with Crippen LogP contribution in [-0.2, 0) is 4.79 Å². The molecule has 0 spiro atoms. The van der Waals surface area contributed by atoms with Crippen LogP contribution in [0.4, 0.5) is 5.69 Å². The third-order valence-electron chi connectivity index (χ3n) is 3.69. The van der Waals surface area contributed by atoms with Gasteiger partial charge < -0.3 is 14.5 Å². The molecule has 1 N–H and O–H groups in total. The fraction of sp³-hybridized carbons (Fsp3) is 0.100. The Bertz CT molecular complexity index is 1000. The molecule has 0 saturated heterocycles. The lowest BCUT2D eigenvalue weighted by molar-refractivity contribution is -0.111. The van der Waals surface area contributed by atoms with Gasteiger partial charge in [-0.2, -0.15) is 0 Å². The van der Waals surface area contributed by atoms with Gasteiger partial charge >= 0.3 is 0 Å². The van der Waals surface area contributed by atoms with Crippen molar-refractivity contribution >= 4 is 22.6 Å². The predicted octanol–water partition coefficient (Wildman–Crippen LogP) is 3.98. The molecule has 0 saturated carbocycles. The molecule has 5 nitrogen and oxygen atoms in total. The van der Waals surface area contributed by atoms with Gasteiger partial charge in [-0.25, -0.2) is 0 Å². The van der Waals surface area contributed by atoms with Gasteiger partial charge in [-0.1, -0.05) is 6.08 Å². The van der Waals surface area contributed by atoms with Crippen LogP contribution >= 0.6 is 0 Å². The second kappa shape index (κ2) is 7.05. The van der Waals surface area contributed by atoms with Crippen molar-refractivity contribution in [1.29, 1.82) is 0 Å². The molecular formula is C20H17NO4. The maximum atomic E-state index is 12.3. The van der Waals surface area contributed by atoms with Crippen LogP contribution in [0, 0.1) is 0 Å². The van der Waals surface area contributed by atoms with Crippen molar-refractivity contribution < 1.29 is 13.9 Å². The van der Waals surface area contributed by atoms with Crippen molar-refractivity contribution in [3.63, 3.8) is 0 Å². The Balaban J connectivity index is 1.94. The molecule has 2 aromatic carbocycles. The highest BCUT2D eigenvalue weighted by molar-refractivity contribution is 5.99. The van der Waals surface area contributed by atoms with E-state index in [0.717, 1.165) is 5.56 Å². The van der Waals surface area contributed by atoms with Gasteiger partial charge in [-0.3, -0.25) is 9.59 Å². The highest BCUT2D eigenvalue weighted by atomic mass is 16.5. The van der Waals surface area contributed by atoms with Gasteiger partial charge in [0.1, 0.15) is 17.1 Å². The number of nitrogens with one attached hydrogen (secondary N) is 1. The van der Waals surface area contributed by atoms with Crippen LogP contribution in [0.15, 0.2) is 69.9 Å². The van der Waals surface area contributed by atoms with Crippen LogP contribution in [-0.4, -0.2) is 13.0 Å². The van der Waals surface area contributed by atoms with Gasteiger partial charge in [-0.05, 0) is 55.5 Å². The van der Waals surface area contributed by atoms with E-state index in [1.807, 2.05) is 0 Å². The number of amides is 1. The highest BCUT2D eigenvalue weighted by Gasteiger charge is 2.08. The summed E-state index contributed by atoms with van der Waals surface area (Å²) in [6.07, 6.45) is 3.12. The highest BCUT2D eigenvalue weighted by Crippen LogP contribution is 2.25. The molecule has 3 aromatic rings. The Morgan fingerprint density at radius 3 is 2.56 bits per heavy atom. The van der Waals surface area contributed by atoms with E-state index in [1.54, 1.807) is 62.6 Å². The Labute approximate surface area is 144 Å². The fourth-order valence-electron chi connectivity index (χ4n) is 2.46. The summed E-state index contributed by atoms with van der Waals surface area (Å²) in [7, 11) is 1.55. The largest absolute Gasteiger partial charge is 0.497 e. The lowest BCUT2D eigenvalue weighted by Crippen LogP contribution is -2.07. The minimum atomic E-state index is -0.193. The van der Waals surface area contributed by atoms with Crippen molar-refractivity contribution in [3.8, 4) is 17.1 Å². The molecular weight excluding hydrogens is 318 g/mol. The Morgan fingerprint density at radius 1 is 1.12 bits per heavy atom. The summed E-state index contributed by atoms with van der Waals surface area (Å²) in [5, 5.41) is 3.21. The molecule has 3 rings (SSSR count). The van der Waals surface area contributed by atoms with E-state index in [0.29, 0.717) is 28.2 Å². The third kappa shape index (κ3) is 3.61. The number of benzene rings is 2. The summed E-state index contributed by atoms with van der Waals surface area (Å²) in [6.45, 7) is 1.78. The second-order valence-electron chi connectivity index (χ2n) is 5.40. The van der Waals surface area contributed by atoms with E-state index in [4.69, 9.17) is 9.15 Å². The van der Waals surface area contributed by atoms with E-state index in [9.17, 15) is 9.59 Å². The zero-order valence-corrected chi connectivity index (χ0v) is 13.9. The zero-order chi connectivity index (χ0) is 17.8. The van der Waals surface area contributed by atoms with Crippen LogP contribution in [0.2, 0.25) is 0 Å². The summed E-state index contributed by atoms with van der Waals surface area (Å²) in [5.41, 5.74) is 1.77. The second-order valence-corrected chi connectivity index (χ2v) is 5.40. The number of allylic oxidation sites excluding steroid dienone is 1. The number of rotatable bonds is 4. The Kier molecular flexibility index (Phi) is 4.66. The standard InChI is InChI=1S/C20H17NO4/c1-3-4-20(23)21-14-7-5-13(6-8-14)19-12-17(22)16-11-15(24-2)9-10-18(16)25-19/h3-12H,1-2H3,(H,21,23)/b4-3+. The molecule has 0 aliphatic heterocycles. The van der Waals surface area contributed by atoms with Crippen molar-refractivity contribution in [3.05, 3.63) is 70.9 Å². The first-order valence-electron chi connectivity index (χ1n) is 7.76. The average Bonchev–Trinajstić information content (AvgIpc) is 2.62. The SMILES string of the molecule is C/C=C/C(=O)Nc1ccc(-c2cc(=O)c3cc(OC)ccc3o2)cc1. The molecule has 0 radical (unpaired) electrons. The summed E-state index contributed by atoms with van der Waals surface area (Å²) < 4.78 is 11.0. The number of carbonyl (C=O) groups excluding carboxylic acids is 1. The van der Waals surface area contributed by atoms with Crippen molar-refractivity contribution in [2.24, 2.45) is 0 Å². The smallest absolute Gasteiger partial charge is 0.248 e. The van der Waals surface area contributed by atoms with Gasteiger partial charge in [0.05, 0.1) is 12.5 Å². The summed E-state index contributed by atoms with van der Waals surface area (Å²) >= 11 is 0. The van der Waals surface area contributed by atoms with Gasteiger partial charge in [0.2, 0.25) is 5.91 Å². The van der Waals surface area contributed by atoms with Gasteiger partial charge in [0.15, 0.2) is 5.43 Å². The van der Waals surface area contributed by atoms with Crippen LogP contribution < -0.4 is 15.5 Å². The number of ether oxygens (including phenoxy) is 1. The zero-order valence-electron chi connectivity index (χ0n) is 13.9. The first-order chi connectivity index (χ1) is 12.1. The number of methoxy groups -OCH3 is 1. The Hall–Kier alpha value is -3.34. The van der Waals surface area contributed by atoms with Gasteiger partial charge in [0, 0.05) is 17.3 Å². The van der Waals surface area contributed by atoms with Gasteiger partial charge in [-0.15, -0.1) is 0 Å². The van der Waals surface area contributed by atoms with Gasteiger partial charge in [0.25, 0.3) is 0 Å². The number of fused-ring (bicyclic) bond motifs is 1. The predicted molar refractivity (Wildman–Crippen MR) is 97.9 cm³/mol. The van der Waals surface area contributed by atoms with E-state index in [-0.39, 0.29) is 11.3 Å². The topological polar surface area (TPSA) is 68.5 Å². The molecule has 0 atom stereocenters. The van der Waals surface area contributed by atoms with Crippen LogP contribution in [0.25, 0.3) is 22.3 Å². The molecule has 0 fully saturated rings. The van der Waals surface area contributed by atoms with E-state index < -0.39 is 0 Å². The number of hydrogen-bond acceptors (Lipinski definition) is 4. The molecule has 1 heterocycles. The Morgan fingerprint density at radius 2 is 1.88 bits per heavy atom. The maximum absolute atomic E-state index is 12.3. The fourth-order valence-corrected chi connectivity index (χ4v) is 2.46. The van der Waals surface area contributed by atoms with Crippen LogP contribution in [0.3, 0.4) is 0 Å². The number of hydrogen-bond donors (Lipinski definition) is 1. The quantitative estimate of drug-likeness (QED) is 0.732. The molecule has 25 heavy (non-hydrogen) atoms. The molecule has 0 unspecified atom stereocenters. The van der Waals surface area contributed by atoms with Crippen molar-refractivity contribution in [2.45, 2.75) is 6.92 Å². The minimum Gasteiger partial charge on any atom is -0.497 e. The van der Waals surface area contributed by atoms with E-state index in [2.05, 4.69) is 5.32 Å². The molecule has 1 amide bonds. The molecule has 0 aliphatic rings. The molecule has 5 heteroatoms. The first kappa shape index (κ1) is 16.5. The monoisotopic (exact) mass is 335 g/mol. The van der Waals surface area contributed by atoms with Crippen LogP contribution in [0.5, 0.6) is 5.75 Å². The number of anilines is 1. The van der Waals surface area contributed by atoms with Crippen molar-refractivity contribution in [1.82, 2.24) is 0 Å². The summed E-state index contributed by atoms with van der Waals surface area (Å²) in [4.78, 5) is 23.9. The lowest BCUT2D eigenvalue weighted by Gasteiger charge is -2.06. The minimum absolute atomic E-state index is 0.138. The van der Waals surface area contributed by atoms with Crippen LogP contribution in [0.1, 0.15) is 6.92 Å². The summed E-state index contributed by atoms with van der Waals surface area (Å²) in [6, 6.07) is 13.7. The molecule has 126 valence electrons. The number of carbonyl (C=O) groups is 1. The lowest BCUT2D eigenvalue weighted by atomic mass is 10.1. The van der Waals surface area contributed by atoms with E-state index >= 15 is 0 Å². The molecule has 0 aliphatic carbocycles. The van der Waals surface area contributed by atoms with Crippen molar-refractivity contribution in [2.75, 3.05) is 12.4 Å². The van der Waals surface area contributed by atoms with E-state index in [1.165, 1.54) is 12.1 Å². The first-order valence-corrected chi connectivity index (χ1v) is 7.76. The summed E-state index contributed by atoms with van der Waals surface area (Å²) in [5.74, 6) is 0.879.